The molecule has 2 aromatic carbocycles. The van der Waals surface area contributed by atoms with Gasteiger partial charge in [0.1, 0.15) is 28.8 Å². The lowest BCUT2D eigenvalue weighted by Crippen LogP contribution is -2.37. The van der Waals surface area contributed by atoms with E-state index in [0.29, 0.717) is 24.3 Å². The van der Waals surface area contributed by atoms with E-state index in [9.17, 15) is 27.6 Å². The Labute approximate surface area is 223 Å². The monoisotopic (exact) mass is 536 g/mol. The minimum Gasteiger partial charge on any atom is -0.349 e. The Hall–Kier alpha value is -4.21. The number of aromatic nitrogens is 1. The number of pyridine rings is 1. The molecule has 1 saturated heterocycles. The summed E-state index contributed by atoms with van der Waals surface area (Å²) >= 11 is 0. The number of benzene rings is 2. The summed E-state index contributed by atoms with van der Waals surface area (Å²) in [5.41, 5.74) is -0.794. The van der Waals surface area contributed by atoms with Gasteiger partial charge in [-0.05, 0) is 48.5 Å². The van der Waals surface area contributed by atoms with Crippen LogP contribution in [-0.4, -0.2) is 46.7 Å². The third-order valence-corrected chi connectivity index (χ3v) is 7.13. The van der Waals surface area contributed by atoms with Gasteiger partial charge in [-0.1, -0.05) is 26.8 Å². The highest BCUT2D eigenvalue weighted by Crippen LogP contribution is 2.46. The molecule has 2 fully saturated rings. The molecule has 5 rings (SSSR count). The predicted molar refractivity (Wildman–Crippen MR) is 138 cm³/mol. The summed E-state index contributed by atoms with van der Waals surface area (Å²) in [5.74, 6) is -3.62. The molecule has 2 aliphatic rings. The number of piperidine rings is 1. The Balaban J connectivity index is 1.19. The second-order valence-corrected chi connectivity index (χ2v) is 10.9. The Morgan fingerprint density at radius 2 is 1.49 bits per heavy atom. The van der Waals surface area contributed by atoms with E-state index in [0.717, 1.165) is 24.3 Å². The molecule has 0 spiro atoms. The molecule has 0 radical (unpaired) electrons. The molecule has 3 atom stereocenters. The van der Waals surface area contributed by atoms with Crippen LogP contribution in [0.1, 0.15) is 41.6 Å². The first-order chi connectivity index (χ1) is 18.4. The lowest BCUT2D eigenvalue weighted by atomic mass is 9.95. The molecule has 3 aromatic rings. The molecule has 3 amide bonds. The van der Waals surface area contributed by atoms with Crippen molar-refractivity contribution in [3.63, 3.8) is 0 Å². The molecule has 10 heteroatoms. The number of anilines is 1. The molecular formula is C29H27F3N4O3. The molecule has 1 saturated carbocycles. The van der Waals surface area contributed by atoms with Crippen LogP contribution in [0.2, 0.25) is 0 Å². The van der Waals surface area contributed by atoms with Crippen LogP contribution >= 0.6 is 0 Å². The topological polar surface area (TPSA) is 91.4 Å². The number of nitrogens with zero attached hydrogens (tertiary/aromatic N) is 2. The number of amides is 3. The lowest BCUT2D eigenvalue weighted by molar-refractivity contribution is -0.123. The summed E-state index contributed by atoms with van der Waals surface area (Å²) in [6.07, 6.45) is 0. The van der Waals surface area contributed by atoms with Gasteiger partial charge in [-0.2, -0.15) is 0 Å². The number of carbonyl (C=O) groups excluding carboxylic acids is 3. The van der Waals surface area contributed by atoms with Crippen molar-refractivity contribution < 1.29 is 27.6 Å². The maximum atomic E-state index is 14.4. The molecule has 7 nitrogen and oxygen atoms in total. The van der Waals surface area contributed by atoms with Gasteiger partial charge in [0.2, 0.25) is 5.91 Å². The average molecular weight is 537 g/mol. The quantitative estimate of drug-likeness (QED) is 0.497. The van der Waals surface area contributed by atoms with Gasteiger partial charge in [-0.3, -0.25) is 14.4 Å². The van der Waals surface area contributed by atoms with Crippen molar-refractivity contribution >= 4 is 23.4 Å². The van der Waals surface area contributed by atoms with Gasteiger partial charge in [0.25, 0.3) is 11.8 Å². The minimum absolute atomic E-state index is 0.0622. The number of fused-ring (bicyclic) bond motifs is 1. The fourth-order valence-electron chi connectivity index (χ4n) is 4.79. The Morgan fingerprint density at radius 1 is 0.872 bits per heavy atom. The number of halogens is 3. The van der Waals surface area contributed by atoms with Crippen molar-refractivity contribution in [3.8, 4) is 11.3 Å². The first-order valence-corrected chi connectivity index (χ1v) is 12.6. The molecule has 1 aliphatic heterocycles. The number of hydrogen-bond acceptors (Lipinski definition) is 4. The van der Waals surface area contributed by atoms with Gasteiger partial charge in [-0.25, -0.2) is 18.2 Å². The first-order valence-electron chi connectivity index (χ1n) is 12.6. The summed E-state index contributed by atoms with van der Waals surface area (Å²) < 4.78 is 42.8. The Kier molecular flexibility index (Phi) is 6.65. The van der Waals surface area contributed by atoms with Crippen molar-refractivity contribution in [1.29, 1.82) is 0 Å². The van der Waals surface area contributed by atoms with Crippen LogP contribution in [0.15, 0.2) is 54.6 Å². The highest BCUT2D eigenvalue weighted by molar-refractivity contribution is 5.97. The minimum atomic E-state index is -0.976. The van der Waals surface area contributed by atoms with Crippen LogP contribution in [0.4, 0.5) is 18.9 Å². The molecule has 1 unspecified atom stereocenters. The van der Waals surface area contributed by atoms with Gasteiger partial charge < -0.3 is 15.5 Å². The Morgan fingerprint density at radius 3 is 2.08 bits per heavy atom. The fourth-order valence-corrected chi connectivity index (χ4v) is 4.79. The number of carbonyl (C=O) groups is 3. The zero-order valence-corrected chi connectivity index (χ0v) is 21.6. The Bertz CT molecular complexity index is 1440. The third kappa shape index (κ3) is 5.23. The van der Waals surface area contributed by atoms with Gasteiger partial charge in [-0.15, -0.1) is 0 Å². The average Bonchev–Trinajstić information content (AvgIpc) is 3.30. The van der Waals surface area contributed by atoms with E-state index in [2.05, 4.69) is 15.6 Å². The largest absolute Gasteiger partial charge is 0.349 e. The molecular weight excluding hydrogens is 509 g/mol. The number of hydrogen-bond donors (Lipinski definition) is 2. The zero-order chi connectivity index (χ0) is 28.1. The SMILES string of the molecule is CC(C)(C)C(=O)Nc1ccc(C(=O)NC2[C@H]3CN(C(=O)c4ccc(F)c(-c5c(F)cccc5F)n4)C[C@@H]23)cc1. The van der Waals surface area contributed by atoms with E-state index in [-0.39, 0.29) is 35.4 Å². The highest BCUT2D eigenvalue weighted by Gasteiger charge is 2.57. The summed E-state index contributed by atoms with van der Waals surface area (Å²) in [6.45, 7) is 6.17. The van der Waals surface area contributed by atoms with E-state index in [1.165, 1.54) is 6.07 Å². The predicted octanol–water partition coefficient (Wildman–Crippen LogP) is 4.65. The molecule has 1 aromatic heterocycles. The van der Waals surface area contributed by atoms with Crippen molar-refractivity contribution in [1.82, 2.24) is 15.2 Å². The van der Waals surface area contributed by atoms with Gasteiger partial charge in [0, 0.05) is 47.6 Å². The van der Waals surface area contributed by atoms with Crippen LogP contribution in [0.5, 0.6) is 0 Å². The van der Waals surface area contributed by atoms with E-state index in [1.54, 1.807) is 29.2 Å². The van der Waals surface area contributed by atoms with Crippen LogP contribution in [0.3, 0.4) is 0 Å². The third-order valence-electron chi connectivity index (χ3n) is 7.13. The maximum Gasteiger partial charge on any atom is 0.272 e. The molecule has 202 valence electrons. The second kappa shape index (κ2) is 9.83. The van der Waals surface area contributed by atoms with E-state index < -0.39 is 40.0 Å². The van der Waals surface area contributed by atoms with Crippen LogP contribution in [-0.2, 0) is 4.79 Å². The summed E-state index contributed by atoms with van der Waals surface area (Å²) in [5, 5.41) is 5.81. The lowest BCUT2D eigenvalue weighted by Gasteiger charge is -2.20. The molecule has 1 aliphatic carbocycles. The fraction of sp³-hybridized carbons (Fsp3) is 0.310. The molecule has 0 bridgehead atoms. The van der Waals surface area contributed by atoms with Crippen LogP contribution in [0, 0.1) is 34.7 Å². The van der Waals surface area contributed by atoms with Crippen molar-refractivity contribution in [2.45, 2.75) is 26.8 Å². The molecule has 2 heterocycles. The highest BCUT2D eigenvalue weighted by atomic mass is 19.1. The molecule has 2 N–H and O–H groups in total. The maximum absolute atomic E-state index is 14.4. The standard InChI is InChI=1S/C29H27F3N4O3/c1-29(2,3)28(39)33-16-9-7-15(8-10-16)26(37)35-24-17-13-36(14-18(17)24)27(38)22-12-11-21(32)25(34-22)23-19(30)5-4-6-20(23)31/h4-12,17-18,24H,13-14H2,1-3H3,(H,33,39)(H,35,37)/t17-,18+,24?. The van der Waals surface area contributed by atoms with E-state index in [4.69, 9.17) is 0 Å². The summed E-state index contributed by atoms with van der Waals surface area (Å²) in [4.78, 5) is 43.4. The first kappa shape index (κ1) is 26.4. The van der Waals surface area contributed by atoms with Gasteiger partial charge in [0.15, 0.2) is 0 Å². The zero-order valence-electron chi connectivity index (χ0n) is 21.6. The summed E-state index contributed by atoms with van der Waals surface area (Å²) in [7, 11) is 0. The van der Waals surface area contributed by atoms with Crippen LogP contribution < -0.4 is 10.6 Å². The van der Waals surface area contributed by atoms with E-state index in [1.807, 2.05) is 20.8 Å². The van der Waals surface area contributed by atoms with Gasteiger partial charge in [0.05, 0.1) is 5.56 Å². The van der Waals surface area contributed by atoms with Crippen LogP contribution in [0.25, 0.3) is 11.3 Å². The normalized spacial score (nSPS) is 19.8. The number of likely N-dealkylation sites (tertiary alicyclic amines) is 1. The second-order valence-electron chi connectivity index (χ2n) is 10.9. The summed E-state index contributed by atoms with van der Waals surface area (Å²) in [6, 6.07) is 11.8. The van der Waals surface area contributed by atoms with Crippen molar-refractivity contribution in [3.05, 3.63) is 83.3 Å². The van der Waals surface area contributed by atoms with Crippen molar-refractivity contribution in [2.24, 2.45) is 17.3 Å². The number of nitrogens with one attached hydrogen (secondary N) is 2. The molecule has 39 heavy (non-hydrogen) atoms. The smallest absolute Gasteiger partial charge is 0.272 e. The number of rotatable bonds is 5. The van der Waals surface area contributed by atoms with Gasteiger partial charge >= 0.3 is 0 Å². The van der Waals surface area contributed by atoms with E-state index >= 15 is 0 Å². The van der Waals surface area contributed by atoms with Crippen molar-refractivity contribution in [2.75, 3.05) is 18.4 Å².